The van der Waals surface area contributed by atoms with Crippen LogP contribution in [0.15, 0.2) is 42.5 Å². The molecule has 160 valence electrons. The average molecular weight is 428 g/mol. The summed E-state index contributed by atoms with van der Waals surface area (Å²) in [6.07, 6.45) is 0. The molecule has 0 aliphatic carbocycles. The van der Waals surface area contributed by atoms with Crippen LogP contribution in [-0.4, -0.2) is 58.6 Å². The van der Waals surface area contributed by atoms with Crippen molar-refractivity contribution in [1.29, 1.82) is 0 Å². The molecule has 3 rings (SSSR count). The molecule has 0 unspecified atom stereocenters. The zero-order valence-corrected chi connectivity index (χ0v) is 18.6. The summed E-state index contributed by atoms with van der Waals surface area (Å²) < 4.78 is 12.4. The van der Waals surface area contributed by atoms with Crippen LogP contribution in [0.4, 0.5) is 11.4 Å². The smallest absolute Gasteiger partial charge is 0.237 e. The first-order valence-corrected chi connectivity index (χ1v) is 11.6. The highest BCUT2D eigenvalue weighted by atomic mass is 32.2. The highest BCUT2D eigenvalue weighted by Crippen LogP contribution is 2.22. The van der Waals surface area contributed by atoms with E-state index in [1.807, 2.05) is 51.1 Å². The molecule has 2 amide bonds. The first kappa shape index (κ1) is 22.0. The van der Waals surface area contributed by atoms with Crippen molar-refractivity contribution < 1.29 is 13.8 Å². The molecule has 2 aromatic carbocycles. The van der Waals surface area contributed by atoms with Crippen molar-refractivity contribution >= 4 is 34.0 Å². The molecule has 0 aromatic heterocycles. The van der Waals surface area contributed by atoms with Crippen LogP contribution in [0.2, 0.25) is 0 Å². The van der Waals surface area contributed by atoms with Gasteiger partial charge in [-0.1, -0.05) is 35.9 Å². The van der Waals surface area contributed by atoms with Crippen LogP contribution in [0.3, 0.4) is 0 Å². The van der Waals surface area contributed by atoms with Gasteiger partial charge in [-0.05, 0) is 44.0 Å². The van der Waals surface area contributed by atoms with Gasteiger partial charge in [0.25, 0.3) is 0 Å². The molecule has 1 N–H and O–H groups in total. The molecule has 1 saturated heterocycles. The lowest BCUT2D eigenvalue weighted by Gasteiger charge is -2.36. The predicted molar refractivity (Wildman–Crippen MR) is 122 cm³/mol. The minimum Gasteiger partial charge on any atom is -0.368 e. The van der Waals surface area contributed by atoms with E-state index in [2.05, 4.69) is 22.3 Å². The van der Waals surface area contributed by atoms with Crippen molar-refractivity contribution in [3.63, 3.8) is 0 Å². The molecule has 0 radical (unpaired) electrons. The van der Waals surface area contributed by atoms with E-state index in [4.69, 9.17) is 0 Å². The number of hydrogen-bond donors (Lipinski definition) is 1. The van der Waals surface area contributed by atoms with E-state index in [0.717, 1.165) is 41.2 Å². The molecule has 2 aromatic rings. The quantitative estimate of drug-likeness (QED) is 0.770. The summed E-state index contributed by atoms with van der Waals surface area (Å²) >= 11 is 0. The Bertz CT molecular complexity index is 915. The van der Waals surface area contributed by atoms with Gasteiger partial charge in [0.05, 0.1) is 0 Å². The molecule has 0 spiro atoms. The van der Waals surface area contributed by atoms with E-state index < -0.39 is 10.8 Å². The fourth-order valence-corrected chi connectivity index (χ4v) is 4.76. The van der Waals surface area contributed by atoms with Gasteiger partial charge in [-0.25, -0.2) is 0 Å². The van der Waals surface area contributed by atoms with Crippen LogP contribution in [-0.2, 0) is 20.4 Å². The number of carbonyl (C=O) groups excluding carboxylic acids is 2. The Labute approximate surface area is 180 Å². The average Bonchev–Trinajstić information content (AvgIpc) is 2.71. The van der Waals surface area contributed by atoms with Gasteiger partial charge in [-0.15, -0.1) is 0 Å². The number of amides is 2. The summed E-state index contributed by atoms with van der Waals surface area (Å²) in [4.78, 5) is 28.8. The maximum absolute atomic E-state index is 12.5. The number of aryl methyl sites for hydroxylation is 3. The van der Waals surface area contributed by atoms with Crippen LogP contribution in [0, 0.1) is 20.8 Å². The number of nitrogens with one attached hydrogen (secondary N) is 1. The van der Waals surface area contributed by atoms with Crippen molar-refractivity contribution in [2.75, 3.05) is 47.9 Å². The Morgan fingerprint density at radius 2 is 1.53 bits per heavy atom. The predicted octanol–water partition coefficient (Wildman–Crippen LogP) is 2.65. The summed E-state index contributed by atoms with van der Waals surface area (Å²) in [6, 6.07) is 14.1. The minimum absolute atomic E-state index is 0.120. The van der Waals surface area contributed by atoms with Crippen LogP contribution in [0.25, 0.3) is 0 Å². The van der Waals surface area contributed by atoms with Gasteiger partial charge in [0.1, 0.15) is 11.5 Å². The monoisotopic (exact) mass is 427 g/mol. The number of piperazine rings is 1. The van der Waals surface area contributed by atoms with Gasteiger partial charge >= 0.3 is 0 Å². The fraction of sp³-hybridized carbons (Fsp3) is 0.391. The highest BCUT2D eigenvalue weighted by Gasteiger charge is 2.23. The number of para-hydroxylation sites is 1. The Morgan fingerprint density at radius 3 is 2.13 bits per heavy atom. The molecule has 1 aliphatic rings. The minimum atomic E-state index is -1.53. The topological polar surface area (TPSA) is 69.7 Å². The van der Waals surface area contributed by atoms with Crippen LogP contribution in [0.5, 0.6) is 0 Å². The summed E-state index contributed by atoms with van der Waals surface area (Å²) in [5, 5.41) is 2.85. The van der Waals surface area contributed by atoms with Crippen molar-refractivity contribution in [2.24, 2.45) is 0 Å². The highest BCUT2D eigenvalue weighted by molar-refractivity contribution is 7.86. The van der Waals surface area contributed by atoms with E-state index in [1.165, 1.54) is 0 Å². The Morgan fingerprint density at radius 1 is 0.933 bits per heavy atom. The normalized spacial score (nSPS) is 15.0. The van der Waals surface area contributed by atoms with Gasteiger partial charge in [0.2, 0.25) is 11.8 Å². The van der Waals surface area contributed by atoms with E-state index in [0.29, 0.717) is 13.1 Å². The zero-order valence-electron chi connectivity index (χ0n) is 17.8. The second-order valence-corrected chi connectivity index (χ2v) is 9.21. The van der Waals surface area contributed by atoms with Crippen molar-refractivity contribution in [2.45, 2.75) is 20.8 Å². The number of benzene rings is 2. The number of carbonyl (C=O) groups is 2. The summed E-state index contributed by atoms with van der Waals surface area (Å²) in [5.41, 5.74) is 4.97. The van der Waals surface area contributed by atoms with Crippen molar-refractivity contribution in [3.05, 3.63) is 59.2 Å². The van der Waals surface area contributed by atoms with E-state index in [-0.39, 0.29) is 23.3 Å². The zero-order chi connectivity index (χ0) is 21.7. The summed E-state index contributed by atoms with van der Waals surface area (Å²) in [6.45, 7) is 8.56. The maximum Gasteiger partial charge on any atom is 0.237 e. The second kappa shape index (κ2) is 9.89. The van der Waals surface area contributed by atoms with Crippen LogP contribution < -0.4 is 10.2 Å². The van der Waals surface area contributed by atoms with Gasteiger partial charge in [0, 0.05) is 48.4 Å². The molecule has 0 bridgehead atoms. The molecule has 1 fully saturated rings. The van der Waals surface area contributed by atoms with Gasteiger partial charge in [-0.3, -0.25) is 13.8 Å². The van der Waals surface area contributed by atoms with E-state index >= 15 is 0 Å². The van der Waals surface area contributed by atoms with E-state index in [9.17, 15) is 13.8 Å². The first-order chi connectivity index (χ1) is 14.3. The fourth-order valence-electron chi connectivity index (χ4n) is 3.83. The third-order valence-electron chi connectivity index (χ3n) is 5.27. The lowest BCUT2D eigenvalue weighted by molar-refractivity contribution is -0.128. The molecular weight excluding hydrogens is 398 g/mol. The lowest BCUT2D eigenvalue weighted by Crippen LogP contribution is -2.50. The summed E-state index contributed by atoms with van der Waals surface area (Å²) in [5.74, 6) is -0.783. The van der Waals surface area contributed by atoms with Gasteiger partial charge in [0.15, 0.2) is 0 Å². The molecule has 1 atom stereocenters. The van der Waals surface area contributed by atoms with E-state index in [1.54, 1.807) is 4.90 Å². The van der Waals surface area contributed by atoms with Crippen molar-refractivity contribution in [3.8, 4) is 0 Å². The summed E-state index contributed by atoms with van der Waals surface area (Å²) in [7, 11) is -1.53. The number of anilines is 2. The van der Waals surface area contributed by atoms with Gasteiger partial charge < -0.3 is 15.1 Å². The molecule has 1 aliphatic heterocycles. The molecular formula is C23H29N3O3S. The molecule has 30 heavy (non-hydrogen) atoms. The SMILES string of the molecule is Cc1cc(C)c(NC(=O)C[S@](=O)CC(=O)N2CCN(c3ccccc3)CC2)c(C)c1. The Balaban J connectivity index is 1.47. The number of nitrogens with zero attached hydrogens (tertiary/aromatic N) is 2. The number of hydrogen-bond acceptors (Lipinski definition) is 4. The second-order valence-electron chi connectivity index (χ2n) is 7.75. The Kier molecular flexibility index (Phi) is 7.26. The molecule has 6 nitrogen and oxygen atoms in total. The molecule has 0 saturated carbocycles. The van der Waals surface area contributed by atoms with Crippen LogP contribution in [0.1, 0.15) is 16.7 Å². The van der Waals surface area contributed by atoms with Crippen LogP contribution >= 0.6 is 0 Å². The first-order valence-electron chi connectivity index (χ1n) is 10.1. The third-order valence-corrected chi connectivity index (χ3v) is 6.42. The lowest BCUT2D eigenvalue weighted by atomic mass is 10.1. The molecule has 7 heteroatoms. The third kappa shape index (κ3) is 5.69. The van der Waals surface area contributed by atoms with Gasteiger partial charge in [-0.2, -0.15) is 0 Å². The largest absolute Gasteiger partial charge is 0.368 e. The maximum atomic E-state index is 12.5. The molecule has 1 heterocycles. The standard InChI is InChI=1S/C23H29N3O3S/c1-17-13-18(2)23(19(3)14-17)24-21(27)15-30(29)16-22(28)26-11-9-25(10-12-26)20-7-5-4-6-8-20/h4-8,13-14H,9-12,15-16H2,1-3H3,(H,24,27)/t30-/m0/s1. The van der Waals surface area contributed by atoms with Crippen molar-refractivity contribution in [1.82, 2.24) is 4.90 Å². The number of rotatable bonds is 6. The Hall–Kier alpha value is -2.67.